The average molecular weight is 326 g/mol. The normalized spacial score (nSPS) is 13.4. The first-order valence-electron chi connectivity index (χ1n) is 7.15. The van der Waals surface area contributed by atoms with Crippen molar-refractivity contribution in [2.45, 2.75) is 32.5 Å². The molecule has 2 N–H and O–H groups in total. The molecular formula is C16H22O7. The second-order valence-corrected chi connectivity index (χ2v) is 4.88. The number of phenolic OH excluding ortho intramolecular Hbond substituents is 2. The number of carbonyl (C=O) groups excluding carboxylic acids is 2. The second-order valence-electron chi connectivity index (χ2n) is 4.88. The van der Waals surface area contributed by atoms with Gasteiger partial charge in [-0.1, -0.05) is 0 Å². The fourth-order valence-electron chi connectivity index (χ4n) is 2.28. The predicted molar refractivity (Wildman–Crippen MR) is 81.6 cm³/mol. The third-order valence-electron chi connectivity index (χ3n) is 3.44. The summed E-state index contributed by atoms with van der Waals surface area (Å²) in [6.45, 7) is 3.30. The first kappa shape index (κ1) is 18.9. The number of aromatic hydroxyl groups is 2. The van der Waals surface area contributed by atoms with Crippen LogP contribution in [0.25, 0.3) is 0 Å². The molecule has 7 nitrogen and oxygen atoms in total. The van der Waals surface area contributed by atoms with E-state index in [1.54, 1.807) is 6.92 Å². The van der Waals surface area contributed by atoms with E-state index in [-0.39, 0.29) is 41.4 Å². The van der Waals surface area contributed by atoms with E-state index < -0.39 is 18.2 Å². The quantitative estimate of drug-likeness (QED) is 0.556. The molecule has 0 aromatic heterocycles. The molecule has 0 bridgehead atoms. The highest BCUT2D eigenvalue weighted by Gasteiger charge is 2.30. The number of Topliss-reactive ketones (excluding diaryl/α,β-unsaturated/α-hetero) is 1. The van der Waals surface area contributed by atoms with E-state index in [1.807, 2.05) is 0 Å². The van der Waals surface area contributed by atoms with Gasteiger partial charge in [0, 0.05) is 20.1 Å². The lowest BCUT2D eigenvalue weighted by Crippen LogP contribution is -2.27. The molecule has 0 radical (unpaired) electrons. The standard InChI is InChI=1S/C16H22O7/c1-5-23-12(8-13(21-3)16(20)22-4)14-11(18)7-6-10(9(2)17)15(14)19/h6-7,12-13,18-19H,5,8H2,1-4H3. The summed E-state index contributed by atoms with van der Waals surface area (Å²) in [4.78, 5) is 23.2. The summed E-state index contributed by atoms with van der Waals surface area (Å²) in [5, 5.41) is 20.4. The molecule has 0 saturated heterocycles. The lowest BCUT2D eigenvalue weighted by Gasteiger charge is -2.23. The van der Waals surface area contributed by atoms with Crippen molar-refractivity contribution < 1.29 is 34.0 Å². The summed E-state index contributed by atoms with van der Waals surface area (Å²) in [7, 11) is 2.58. The molecule has 0 heterocycles. The number of rotatable bonds is 8. The molecule has 128 valence electrons. The van der Waals surface area contributed by atoms with Crippen LogP contribution in [0.3, 0.4) is 0 Å². The summed E-state index contributed by atoms with van der Waals surface area (Å²) >= 11 is 0. The lowest BCUT2D eigenvalue weighted by molar-refractivity contribution is -0.154. The maximum Gasteiger partial charge on any atom is 0.335 e. The molecule has 7 heteroatoms. The molecule has 2 atom stereocenters. The zero-order valence-electron chi connectivity index (χ0n) is 13.7. The lowest BCUT2D eigenvalue weighted by atomic mass is 9.97. The number of phenols is 2. The van der Waals surface area contributed by atoms with Crippen molar-refractivity contribution >= 4 is 11.8 Å². The van der Waals surface area contributed by atoms with Crippen LogP contribution in [0, 0.1) is 0 Å². The third kappa shape index (κ3) is 4.43. The van der Waals surface area contributed by atoms with Gasteiger partial charge in [-0.05, 0) is 26.0 Å². The van der Waals surface area contributed by atoms with Gasteiger partial charge in [0.2, 0.25) is 0 Å². The minimum absolute atomic E-state index is 0.0134. The summed E-state index contributed by atoms with van der Waals surface area (Å²) in [5.41, 5.74) is 0.111. The van der Waals surface area contributed by atoms with Gasteiger partial charge in [-0.2, -0.15) is 0 Å². The van der Waals surface area contributed by atoms with Crippen LogP contribution in [-0.2, 0) is 19.0 Å². The van der Waals surface area contributed by atoms with Crippen molar-refractivity contribution in [1.29, 1.82) is 0 Å². The summed E-state index contributed by atoms with van der Waals surface area (Å²) in [6.07, 6.45) is -1.76. The van der Waals surface area contributed by atoms with Crippen LogP contribution >= 0.6 is 0 Å². The van der Waals surface area contributed by atoms with Gasteiger partial charge in [0.25, 0.3) is 0 Å². The van der Waals surface area contributed by atoms with E-state index in [9.17, 15) is 19.8 Å². The highest BCUT2D eigenvalue weighted by molar-refractivity contribution is 5.97. The van der Waals surface area contributed by atoms with Crippen LogP contribution in [0.5, 0.6) is 11.5 Å². The van der Waals surface area contributed by atoms with Crippen molar-refractivity contribution in [2.75, 3.05) is 20.8 Å². The van der Waals surface area contributed by atoms with E-state index in [4.69, 9.17) is 9.47 Å². The Kier molecular flexibility index (Phi) is 6.99. The molecule has 0 aliphatic carbocycles. The van der Waals surface area contributed by atoms with E-state index in [2.05, 4.69) is 4.74 Å². The van der Waals surface area contributed by atoms with E-state index >= 15 is 0 Å². The van der Waals surface area contributed by atoms with Crippen LogP contribution in [0.1, 0.15) is 42.3 Å². The molecule has 2 unspecified atom stereocenters. The first-order chi connectivity index (χ1) is 10.9. The van der Waals surface area contributed by atoms with Gasteiger partial charge in [0.15, 0.2) is 11.9 Å². The maximum absolute atomic E-state index is 11.7. The number of benzene rings is 1. The van der Waals surface area contributed by atoms with Gasteiger partial charge < -0.3 is 24.4 Å². The minimum atomic E-state index is -0.934. The van der Waals surface area contributed by atoms with E-state index in [0.717, 1.165) is 0 Å². The van der Waals surface area contributed by atoms with Crippen molar-refractivity contribution in [2.24, 2.45) is 0 Å². The van der Waals surface area contributed by atoms with Gasteiger partial charge in [0.1, 0.15) is 11.5 Å². The Morgan fingerprint density at radius 3 is 2.35 bits per heavy atom. The zero-order valence-corrected chi connectivity index (χ0v) is 13.7. The fourth-order valence-corrected chi connectivity index (χ4v) is 2.28. The van der Waals surface area contributed by atoms with Crippen molar-refractivity contribution in [3.05, 3.63) is 23.3 Å². The number of ether oxygens (including phenoxy) is 3. The maximum atomic E-state index is 11.7. The summed E-state index contributed by atoms with van der Waals surface area (Å²) < 4.78 is 15.2. The van der Waals surface area contributed by atoms with E-state index in [0.29, 0.717) is 0 Å². The van der Waals surface area contributed by atoms with Gasteiger partial charge in [0.05, 0.1) is 24.3 Å². The fraction of sp³-hybridized carbons (Fsp3) is 0.500. The van der Waals surface area contributed by atoms with Crippen LogP contribution in [-0.4, -0.2) is 48.9 Å². The summed E-state index contributed by atoms with van der Waals surface area (Å²) in [5.74, 6) is -1.55. The molecule has 0 fully saturated rings. The van der Waals surface area contributed by atoms with Crippen LogP contribution in [0.4, 0.5) is 0 Å². The predicted octanol–water partition coefficient (Wildman–Crippen LogP) is 1.96. The topological polar surface area (TPSA) is 102 Å². The smallest absolute Gasteiger partial charge is 0.335 e. The second kappa shape index (κ2) is 8.50. The molecular weight excluding hydrogens is 304 g/mol. The number of hydrogen-bond acceptors (Lipinski definition) is 7. The molecule has 0 aliphatic heterocycles. The number of hydrogen-bond donors (Lipinski definition) is 2. The number of carbonyl (C=O) groups is 2. The third-order valence-corrected chi connectivity index (χ3v) is 3.44. The molecule has 0 aliphatic rings. The largest absolute Gasteiger partial charge is 0.507 e. The number of methoxy groups -OCH3 is 2. The number of esters is 1. The molecule has 1 aromatic rings. The van der Waals surface area contributed by atoms with Gasteiger partial charge in [-0.15, -0.1) is 0 Å². The van der Waals surface area contributed by atoms with Crippen LogP contribution < -0.4 is 0 Å². The highest BCUT2D eigenvalue weighted by atomic mass is 16.6. The highest BCUT2D eigenvalue weighted by Crippen LogP contribution is 2.39. The molecule has 23 heavy (non-hydrogen) atoms. The zero-order chi connectivity index (χ0) is 17.6. The van der Waals surface area contributed by atoms with Crippen LogP contribution in [0.2, 0.25) is 0 Å². The molecule has 0 spiro atoms. The average Bonchev–Trinajstić information content (AvgIpc) is 2.51. The van der Waals surface area contributed by atoms with Gasteiger partial charge in [-0.25, -0.2) is 4.79 Å². The first-order valence-corrected chi connectivity index (χ1v) is 7.15. The molecule has 1 aromatic carbocycles. The van der Waals surface area contributed by atoms with E-state index in [1.165, 1.54) is 33.3 Å². The van der Waals surface area contributed by atoms with Gasteiger partial charge >= 0.3 is 5.97 Å². The Hall–Kier alpha value is -2.12. The SMILES string of the molecule is CCOC(CC(OC)C(=O)OC)c1c(O)ccc(C(C)=O)c1O. The Bertz CT molecular complexity index is 568. The molecule has 0 saturated carbocycles. The molecule has 1 rings (SSSR count). The summed E-state index contributed by atoms with van der Waals surface area (Å²) in [6, 6.07) is 2.63. The van der Waals surface area contributed by atoms with Gasteiger partial charge in [-0.3, -0.25) is 4.79 Å². The monoisotopic (exact) mass is 326 g/mol. The Morgan fingerprint density at radius 2 is 1.87 bits per heavy atom. The molecule has 0 amide bonds. The Balaban J connectivity index is 3.27. The van der Waals surface area contributed by atoms with Crippen molar-refractivity contribution in [1.82, 2.24) is 0 Å². The minimum Gasteiger partial charge on any atom is -0.507 e. The van der Waals surface area contributed by atoms with Crippen molar-refractivity contribution in [3.63, 3.8) is 0 Å². The Morgan fingerprint density at radius 1 is 1.22 bits per heavy atom. The number of ketones is 1. The van der Waals surface area contributed by atoms with Crippen molar-refractivity contribution in [3.8, 4) is 11.5 Å². The Labute approximate surface area is 134 Å². The van der Waals surface area contributed by atoms with Crippen LogP contribution in [0.15, 0.2) is 12.1 Å².